The summed E-state index contributed by atoms with van der Waals surface area (Å²) in [6.45, 7) is 1.82. The molecule has 2 N–H and O–H groups in total. The standard InChI is InChI=1S/C19H13F4N5/c1-10-6-16(28-27-10)26-18-17-14(11-2-4-13(20)5-3-11)7-12(19(21,22)23)8-15(17)24-9-25-18/h2-9H,1H3,(H2,24,25,26,27,28). The molecule has 0 saturated carbocycles. The van der Waals surface area contributed by atoms with Crippen molar-refractivity contribution in [2.75, 3.05) is 5.32 Å². The van der Waals surface area contributed by atoms with Gasteiger partial charge in [-0.2, -0.15) is 18.3 Å². The van der Waals surface area contributed by atoms with Crippen LogP contribution in [0.5, 0.6) is 0 Å². The molecule has 0 fully saturated rings. The van der Waals surface area contributed by atoms with Crippen molar-refractivity contribution in [1.82, 2.24) is 20.2 Å². The number of H-pyrrole nitrogens is 1. The van der Waals surface area contributed by atoms with Crippen molar-refractivity contribution in [1.29, 1.82) is 0 Å². The van der Waals surface area contributed by atoms with Crippen LogP contribution >= 0.6 is 0 Å². The predicted octanol–water partition coefficient (Wildman–Crippen LogP) is 5.23. The number of halogens is 4. The highest BCUT2D eigenvalue weighted by Crippen LogP contribution is 2.39. The first-order valence-electron chi connectivity index (χ1n) is 8.22. The van der Waals surface area contributed by atoms with Crippen molar-refractivity contribution in [2.45, 2.75) is 13.1 Å². The molecule has 2 heterocycles. The molecule has 0 unspecified atom stereocenters. The molecule has 0 bridgehead atoms. The molecular weight excluding hydrogens is 374 g/mol. The summed E-state index contributed by atoms with van der Waals surface area (Å²) in [5.41, 5.74) is 0.714. The number of rotatable bonds is 3. The summed E-state index contributed by atoms with van der Waals surface area (Å²) in [4.78, 5) is 8.19. The van der Waals surface area contributed by atoms with Crippen LogP contribution in [0.1, 0.15) is 11.3 Å². The Bertz CT molecular complexity index is 1150. The quantitative estimate of drug-likeness (QED) is 0.473. The van der Waals surface area contributed by atoms with Crippen LogP contribution in [0.4, 0.5) is 29.2 Å². The summed E-state index contributed by atoms with van der Waals surface area (Å²) in [5.74, 6) is 0.272. The van der Waals surface area contributed by atoms with Gasteiger partial charge in [0.2, 0.25) is 0 Å². The Labute approximate surface area is 156 Å². The average molecular weight is 387 g/mol. The van der Waals surface area contributed by atoms with Gasteiger partial charge in [-0.15, -0.1) is 0 Å². The molecule has 4 rings (SSSR count). The first-order valence-corrected chi connectivity index (χ1v) is 8.22. The topological polar surface area (TPSA) is 66.5 Å². The van der Waals surface area contributed by atoms with E-state index in [0.717, 1.165) is 17.8 Å². The smallest absolute Gasteiger partial charge is 0.323 e. The van der Waals surface area contributed by atoms with E-state index in [2.05, 4.69) is 25.5 Å². The molecule has 0 spiro atoms. The molecule has 2 aromatic carbocycles. The van der Waals surface area contributed by atoms with Crippen LogP contribution in [0.15, 0.2) is 48.8 Å². The summed E-state index contributed by atoms with van der Waals surface area (Å²) in [6, 6.07) is 8.92. The van der Waals surface area contributed by atoms with Gasteiger partial charge in [0.05, 0.1) is 16.5 Å². The summed E-state index contributed by atoms with van der Waals surface area (Å²) < 4.78 is 53.5. The van der Waals surface area contributed by atoms with Gasteiger partial charge in [-0.3, -0.25) is 5.10 Å². The lowest BCUT2D eigenvalue weighted by Gasteiger charge is -2.15. The van der Waals surface area contributed by atoms with Crippen molar-refractivity contribution in [3.8, 4) is 11.1 Å². The van der Waals surface area contributed by atoms with E-state index in [4.69, 9.17) is 0 Å². The number of nitrogens with one attached hydrogen (secondary N) is 2. The summed E-state index contributed by atoms with van der Waals surface area (Å²) >= 11 is 0. The third-order valence-corrected chi connectivity index (χ3v) is 4.17. The Morgan fingerprint density at radius 3 is 2.39 bits per heavy atom. The summed E-state index contributed by atoms with van der Waals surface area (Å²) in [5, 5.41) is 10.2. The Hall–Kier alpha value is -3.49. The Kier molecular flexibility index (Phi) is 4.21. The fourth-order valence-corrected chi connectivity index (χ4v) is 2.91. The highest BCUT2D eigenvalue weighted by atomic mass is 19.4. The van der Waals surface area contributed by atoms with E-state index < -0.39 is 17.6 Å². The molecule has 4 aromatic rings. The van der Waals surface area contributed by atoms with Gasteiger partial charge < -0.3 is 5.32 Å². The number of nitrogens with zero attached hydrogens (tertiary/aromatic N) is 3. The molecule has 142 valence electrons. The molecule has 0 saturated heterocycles. The zero-order valence-electron chi connectivity index (χ0n) is 14.5. The van der Waals surface area contributed by atoms with Crippen molar-refractivity contribution in [2.24, 2.45) is 0 Å². The minimum Gasteiger partial charge on any atom is -0.323 e. The largest absolute Gasteiger partial charge is 0.416 e. The van der Waals surface area contributed by atoms with Crippen molar-refractivity contribution in [3.63, 3.8) is 0 Å². The minimum atomic E-state index is -4.55. The molecule has 28 heavy (non-hydrogen) atoms. The maximum Gasteiger partial charge on any atom is 0.416 e. The van der Waals surface area contributed by atoms with E-state index in [-0.39, 0.29) is 11.1 Å². The van der Waals surface area contributed by atoms with Crippen LogP contribution in [0.3, 0.4) is 0 Å². The predicted molar refractivity (Wildman–Crippen MR) is 96.5 cm³/mol. The van der Waals surface area contributed by atoms with E-state index in [1.807, 2.05) is 6.92 Å². The molecule has 0 amide bonds. The number of aromatic amines is 1. The Morgan fingerprint density at radius 2 is 1.75 bits per heavy atom. The van der Waals surface area contributed by atoms with Crippen LogP contribution in [-0.4, -0.2) is 20.2 Å². The second-order valence-corrected chi connectivity index (χ2v) is 6.21. The van der Waals surface area contributed by atoms with Gasteiger partial charge in [0.15, 0.2) is 5.82 Å². The Balaban J connectivity index is 1.97. The number of hydrogen-bond acceptors (Lipinski definition) is 4. The number of alkyl halides is 3. The third kappa shape index (κ3) is 3.38. The van der Waals surface area contributed by atoms with E-state index in [1.54, 1.807) is 6.07 Å². The molecule has 0 aliphatic heterocycles. The minimum absolute atomic E-state index is 0.110. The van der Waals surface area contributed by atoms with Gasteiger partial charge in [0.25, 0.3) is 0 Å². The Morgan fingerprint density at radius 1 is 1.00 bits per heavy atom. The van der Waals surface area contributed by atoms with Crippen LogP contribution < -0.4 is 5.32 Å². The zero-order chi connectivity index (χ0) is 19.9. The highest BCUT2D eigenvalue weighted by molar-refractivity contribution is 6.03. The molecular formula is C19H13F4N5. The van der Waals surface area contributed by atoms with Crippen LogP contribution in [0, 0.1) is 12.7 Å². The maximum absolute atomic E-state index is 13.4. The van der Waals surface area contributed by atoms with Gasteiger partial charge in [-0.1, -0.05) is 12.1 Å². The highest BCUT2D eigenvalue weighted by Gasteiger charge is 2.32. The second kappa shape index (κ2) is 6.59. The first kappa shape index (κ1) is 17.9. The SMILES string of the molecule is Cc1cc(Nc2ncnc3cc(C(F)(F)F)cc(-c4ccc(F)cc4)c23)n[nH]1. The molecule has 0 aliphatic carbocycles. The zero-order valence-corrected chi connectivity index (χ0v) is 14.5. The van der Waals surface area contributed by atoms with E-state index in [9.17, 15) is 17.6 Å². The fourth-order valence-electron chi connectivity index (χ4n) is 2.91. The van der Waals surface area contributed by atoms with E-state index in [1.165, 1.54) is 30.6 Å². The van der Waals surface area contributed by atoms with Gasteiger partial charge in [-0.05, 0) is 42.3 Å². The van der Waals surface area contributed by atoms with Gasteiger partial charge >= 0.3 is 6.18 Å². The summed E-state index contributed by atoms with van der Waals surface area (Å²) in [7, 11) is 0. The number of aromatic nitrogens is 4. The van der Waals surface area contributed by atoms with Gasteiger partial charge in [0, 0.05) is 11.8 Å². The molecule has 9 heteroatoms. The number of fused-ring (bicyclic) bond motifs is 1. The van der Waals surface area contributed by atoms with Gasteiger partial charge in [-0.25, -0.2) is 14.4 Å². The number of aryl methyl sites for hydroxylation is 1. The molecule has 0 radical (unpaired) electrons. The first-order chi connectivity index (χ1) is 13.3. The van der Waals surface area contributed by atoms with Crippen LogP contribution in [0.2, 0.25) is 0 Å². The van der Waals surface area contributed by atoms with Crippen LogP contribution in [-0.2, 0) is 6.18 Å². The lowest BCUT2D eigenvalue weighted by Crippen LogP contribution is -2.06. The monoisotopic (exact) mass is 387 g/mol. The fraction of sp³-hybridized carbons (Fsp3) is 0.105. The maximum atomic E-state index is 13.4. The third-order valence-electron chi connectivity index (χ3n) is 4.17. The second-order valence-electron chi connectivity index (χ2n) is 6.21. The lowest BCUT2D eigenvalue weighted by atomic mass is 9.97. The number of benzene rings is 2. The molecule has 0 atom stereocenters. The van der Waals surface area contributed by atoms with Crippen molar-refractivity contribution >= 4 is 22.5 Å². The molecule has 0 aliphatic rings. The lowest BCUT2D eigenvalue weighted by molar-refractivity contribution is -0.137. The van der Waals surface area contributed by atoms with Gasteiger partial charge in [0.1, 0.15) is 18.0 Å². The molecule has 2 aromatic heterocycles. The average Bonchev–Trinajstić information content (AvgIpc) is 3.06. The van der Waals surface area contributed by atoms with Crippen molar-refractivity contribution in [3.05, 3.63) is 65.9 Å². The van der Waals surface area contributed by atoms with Crippen LogP contribution in [0.25, 0.3) is 22.0 Å². The normalized spacial score (nSPS) is 11.8. The summed E-state index contributed by atoms with van der Waals surface area (Å²) in [6.07, 6.45) is -3.38. The number of hydrogen-bond donors (Lipinski definition) is 2. The van der Waals surface area contributed by atoms with Crippen molar-refractivity contribution < 1.29 is 17.6 Å². The van der Waals surface area contributed by atoms with E-state index in [0.29, 0.717) is 22.6 Å². The van der Waals surface area contributed by atoms with E-state index >= 15 is 0 Å². The number of anilines is 2. The molecule has 5 nitrogen and oxygen atoms in total.